The van der Waals surface area contributed by atoms with Gasteiger partial charge in [-0.25, -0.2) is 0 Å². The molecule has 0 radical (unpaired) electrons. The monoisotopic (exact) mass is 666 g/mol. The van der Waals surface area contributed by atoms with Crippen LogP contribution in [-0.4, -0.2) is 11.4 Å². The Morgan fingerprint density at radius 3 is 1.20 bits per heavy atom. The summed E-state index contributed by atoms with van der Waals surface area (Å²) in [5, 5.41) is 0. The van der Waals surface area contributed by atoms with Crippen molar-refractivity contribution in [3.63, 3.8) is 0 Å². The van der Waals surface area contributed by atoms with Crippen LogP contribution >= 0.6 is 9.53 Å². The molecule has 0 heterocycles. The zero-order valence-corrected chi connectivity index (χ0v) is 29.2. The molecule has 5 rings (SSSR count). The van der Waals surface area contributed by atoms with Crippen molar-refractivity contribution in [1.29, 1.82) is 0 Å². The fourth-order valence-electron chi connectivity index (χ4n) is 7.87. The molecule has 2 aromatic carbocycles. The Balaban J connectivity index is 0.00000151. The molecule has 2 atom stereocenters. The zero-order valence-electron chi connectivity index (χ0n) is 26.9. The van der Waals surface area contributed by atoms with Crippen molar-refractivity contribution in [3.05, 3.63) is 66.1 Å². The molecule has 0 bridgehead atoms. The van der Waals surface area contributed by atoms with Gasteiger partial charge in [0.15, 0.2) is 0 Å². The molecule has 2 nitrogen and oxygen atoms in total. The fourth-order valence-corrected chi connectivity index (χ4v) is 7.87. The standard InChI is InChI=1S/C36H50N2.CH3.ClH.Pd/c1-21(2)26-15-11-16-27(22(3)4)33(26)37-35-30-19-9-13-25-14-10-20-31(32(25)30)36(35)38-34-28(23(5)6)17-12-18-29(34)24(7)8;;;/h11-12,15-18,21-25,30-32H,9-10,13-14,19-20H2,1-8H3;1H3;1H;/q;-1;;+2/p-1. The molecule has 2 aromatic rings. The Morgan fingerprint density at radius 1 is 0.585 bits per heavy atom. The van der Waals surface area contributed by atoms with Gasteiger partial charge in [0.1, 0.15) is 0 Å². The summed E-state index contributed by atoms with van der Waals surface area (Å²) in [7, 11) is 4.49. The average molecular weight is 668 g/mol. The molecule has 0 aromatic heterocycles. The minimum absolute atomic E-state index is 0. The van der Waals surface area contributed by atoms with Gasteiger partial charge in [-0.15, -0.1) is 0 Å². The fraction of sp³-hybridized carbons (Fsp3) is 0.595. The van der Waals surface area contributed by atoms with Crippen LogP contribution in [-0.2, 0) is 18.2 Å². The van der Waals surface area contributed by atoms with Crippen LogP contribution < -0.4 is 0 Å². The minimum atomic E-state index is 0. The Kier molecular flexibility index (Phi) is 12.5. The van der Waals surface area contributed by atoms with Gasteiger partial charge in [0.2, 0.25) is 0 Å². The summed E-state index contributed by atoms with van der Waals surface area (Å²) in [6.07, 6.45) is 8.04. The van der Waals surface area contributed by atoms with Gasteiger partial charge in [-0.2, -0.15) is 0 Å². The van der Waals surface area contributed by atoms with Gasteiger partial charge in [-0.3, -0.25) is 9.98 Å². The number of benzene rings is 2. The van der Waals surface area contributed by atoms with Gasteiger partial charge in [0.25, 0.3) is 0 Å². The van der Waals surface area contributed by atoms with Crippen molar-refractivity contribution in [2.45, 2.75) is 118 Å². The second kappa shape index (κ2) is 15.0. The van der Waals surface area contributed by atoms with E-state index < -0.39 is 0 Å². The van der Waals surface area contributed by atoms with Crippen LogP contribution in [0.1, 0.15) is 140 Å². The third-order valence-corrected chi connectivity index (χ3v) is 9.77. The van der Waals surface area contributed by atoms with Gasteiger partial charge >= 0.3 is 27.7 Å². The second-order valence-electron chi connectivity index (χ2n) is 13.6. The van der Waals surface area contributed by atoms with Crippen LogP contribution in [0.2, 0.25) is 0 Å². The van der Waals surface area contributed by atoms with E-state index in [0.29, 0.717) is 35.5 Å². The number of hydrogen-bond acceptors (Lipinski definition) is 2. The zero-order chi connectivity index (χ0) is 29.1. The molecule has 4 heteroatoms. The Morgan fingerprint density at radius 2 is 0.902 bits per heavy atom. The van der Waals surface area contributed by atoms with E-state index in [2.05, 4.69) is 119 Å². The van der Waals surface area contributed by atoms with Crippen molar-refractivity contribution in [1.82, 2.24) is 0 Å². The van der Waals surface area contributed by atoms with E-state index in [0.717, 1.165) is 11.8 Å². The van der Waals surface area contributed by atoms with E-state index in [1.807, 2.05) is 0 Å². The van der Waals surface area contributed by atoms with Crippen molar-refractivity contribution in [2.24, 2.45) is 33.7 Å². The molecule has 0 spiro atoms. The molecular formula is C37H53ClN2Pd. The second-order valence-corrected chi connectivity index (χ2v) is 13.6. The molecule has 0 amide bonds. The third-order valence-electron chi connectivity index (χ3n) is 9.77. The topological polar surface area (TPSA) is 24.7 Å². The predicted molar refractivity (Wildman–Crippen MR) is 177 cm³/mol. The van der Waals surface area contributed by atoms with Crippen LogP contribution in [0.5, 0.6) is 0 Å². The first-order valence-electron chi connectivity index (χ1n) is 15.7. The van der Waals surface area contributed by atoms with Gasteiger partial charge < -0.3 is 7.43 Å². The summed E-state index contributed by atoms with van der Waals surface area (Å²) in [5.74, 6) is 4.50. The molecule has 0 saturated heterocycles. The molecule has 3 saturated carbocycles. The average Bonchev–Trinajstić information content (AvgIpc) is 3.23. The molecule has 0 aliphatic heterocycles. The van der Waals surface area contributed by atoms with E-state index in [1.54, 1.807) is 0 Å². The van der Waals surface area contributed by atoms with Crippen molar-refractivity contribution < 1.29 is 18.2 Å². The first kappa shape index (κ1) is 34.2. The van der Waals surface area contributed by atoms with Crippen LogP contribution in [0.15, 0.2) is 46.4 Å². The summed E-state index contributed by atoms with van der Waals surface area (Å²) < 4.78 is 0. The first-order chi connectivity index (χ1) is 19.2. The van der Waals surface area contributed by atoms with Gasteiger partial charge in [-0.1, -0.05) is 117 Å². The van der Waals surface area contributed by atoms with Crippen molar-refractivity contribution in [3.8, 4) is 0 Å². The normalized spacial score (nSPS) is 25.5. The van der Waals surface area contributed by atoms with Crippen LogP contribution in [0, 0.1) is 31.1 Å². The molecule has 228 valence electrons. The maximum absolute atomic E-state index is 5.76. The first-order valence-corrected chi connectivity index (χ1v) is 17.7. The number of rotatable bonds is 6. The van der Waals surface area contributed by atoms with Crippen LogP contribution in [0.4, 0.5) is 11.4 Å². The molecular weight excluding hydrogens is 614 g/mol. The van der Waals surface area contributed by atoms with Gasteiger partial charge in [0, 0.05) is 11.8 Å². The third kappa shape index (κ3) is 6.95. The molecule has 0 N–H and O–H groups in total. The van der Waals surface area contributed by atoms with E-state index in [4.69, 9.17) is 9.98 Å². The van der Waals surface area contributed by atoms with Crippen LogP contribution in [0.25, 0.3) is 0 Å². The quantitative estimate of drug-likeness (QED) is 0.216. The summed E-state index contributed by atoms with van der Waals surface area (Å²) in [6, 6.07) is 13.7. The molecule has 3 fully saturated rings. The SMILES string of the molecule is CC(C)c1cccc(C(C)C)c1N=C1C(=Nc2c(C(C)C)cccc2C(C)C)C2CCCC3CCCC1C32.[CH3-].[Cl][Pd+]. The number of aliphatic imine (C=N–C) groups is 2. The Hall–Kier alpha value is -1.27. The number of para-hydroxylation sites is 2. The molecule has 41 heavy (non-hydrogen) atoms. The Labute approximate surface area is 266 Å². The van der Waals surface area contributed by atoms with Gasteiger partial charge in [-0.05, 0) is 70.6 Å². The predicted octanol–water partition coefficient (Wildman–Crippen LogP) is 12.0. The molecule has 2 unspecified atom stereocenters. The summed E-state index contributed by atoms with van der Waals surface area (Å²) in [4.78, 5) is 11.5. The van der Waals surface area contributed by atoms with E-state index in [-0.39, 0.29) is 7.43 Å². The summed E-state index contributed by atoms with van der Waals surface area (Å²) >= 11 is 2.22. The molecule has 3 aliphatic rings. The van der Waals surface area contributed by atoms with Crippen molar-refractivity contribution in [2.75, 3.05) is 0 Å². The van der Waals surface area contributed by atoms with Crippen LogP contribution in [0.3, 0.4) is 0 Å². The van der Waals surface area contributed by atoms with Crippen molar-refractivity contribution >= 4 is 32.3 Å². The van der Waals surface area contributed by atoms with E-state index in [9.17, 15) is 0 Å². The Bertz CT molecular complexity index is 1080. The van der Waals surface area contributed by atoms with Gasteiger partial charge in [0.05, 0.1) is 22.8 Å². The number of nitrogens with zero attached hydrogens (tertiary/aromatic N) is 2. The number of hydrogen-bond donors (Lipinski definition) is 0. The summed E-state index contributed by atoms with van der Waals surface area (Å²) in [6.45, 7) is 18.5. The van der Waals surface area contributed by atoms with E-state index in [1.165, 1.54) is 83.6 Å². The maximum atomic E-state index is 5.76. The number of halogens is 1. The van der Waals surface area contributed by atoms with E-state index >= 15 is 0 Å². The molecule has 3 aliphatic carbocycles. The summed E-state index contributed by atoms with van der Waals surface area (Å²) in [5.41, 5.74) is 10.7.